The summed E-state index contributed by atoms with van der Waals surface area (Å²) in [6, 6.07) is 6.12. The maximum Gasteiger partial charge on any atom is 0.220 e. The Hall–Kier alpha value is -2.73. The predicted molar refractivity (Wildman–Crippen MR) is 94.8 cm³/mol. The third kappa shape index (κ3) is 2.78. The largest absolute Gasteiger partial charge is 0.374 e. The highest BCUT2D eigenvalue weighted by Crippen LogP contribution is 2.33. The van der Waals surface area contributed by atoms with Crippen LogP contribution in [0.4, 0.5) is 0 Å². The van der Waals surface area contributed by atoms with Crippen molar-refractivity contribution in [1.29, 1.82) is 0 Å². The second-order valence-corrected chi connectivity index (χ2v) is 6.29. The molecule has 0 bridgehead atoms. The fourth-order valence-electron chi connectivity index (χ4n) is 3.31. The highest BCUT2D eigenvalue weighted by molar-refractivity contribution is 5.85. The van der Waals surface area contributed by atoms with Crippen molar-refractivity contribution >= 4 is 16.8 Å². The van der Waals surface area contributed by atoms with Gasteiger partial charge in [-0.25, -0.2) is 0 Å². The van der Waals surface area contributed by atoms with Crippen molar-refractivity contribution in [2.24, 2.45) is 7.05 Å². The number of nitrogens with one attached hydrogen (secondary N) is 1. The molecule has 1 aliphatic heterocycles. The smallest absolute Gasteiger partial charge is 0.220 e. The number of fused-ring (bicyclic) bond motifs is 2. The topological polar surface area (TPSA) is 69.0 Å². The van der Waals surface area contributed by atoms with Crippen molar-refractivity contribution in [3.63, 3.8) is 0 Å². The van der Waals surface area contributed by atoms with Crippen LogP contribution in [0.25, 0.3) is 22.0 Å². The molecule has 0 spiro atoms. The fourth-order valence-corrected chi connectivity index (χ4v) is 3.31. The van der Waals surface area contributed by atoms with E-state index in [2.05, 4.69) is 33.6 Å². The van der Waals surface area contributed by atoms with E-state index < -0.39 is 0 Å². The Kier molecular flexibility index (Phi) is 3.97. The summed E-state index contributed by atoms with van der Waals surface area (Å²) in [5, 5.41) is 8.43. The molecule has 25 heavy (non-hydrogen) atoms. The van der Waals surface area contributed by atoms with Gasteiger partial charge in [-0.2, -0.15) is 5.10 Å². The Morgan fingerprint density at radius 1 is 1.36 bits per heavy atom. The zero-order valence-corrected chi connectivity index (χ0v) is 14.3. The summed E-state index contributed by atoms with van der Waals surface area (Å²) < 4.78 is 7.62. The van der Waals surface area contributed by atoms with Crippen LogP contribution in [0.15, 0.2) is 36.8 Å². The average Bonchev–Trinajstić information content (AvgIpc) is 3.02. The molecule has 0 radical (unpaired) electrons. The van der Waals surface area contributed by atoms with Crippen LogP contribution in [0.2, 0.25) is 0 Å². The number of benzene rings is 1. The number of amides is 1. The maximum absolute atomic E-state index is 11.8. The Balaban J connectivity index is 1.79. The molecule has 0 fully saturated rings. The average molecular weight is 336 g/mol. The number of carbonyl (C=O) groups excluding carboxylic acids is 1. The lowest BCUT2D eigenvalue weighted by Gasteiger charge is -2.27. The number of hydrogen-bond acceptors (Lipinski definition) is 4. The molecule has 128 valence electrons. The minimum Gasteiger partial charge on any atom is -0.374 e. The SMILES string of the molecule is CCC(=O)NC1COCc2c(-c3ccc4cnn(C)c4c3)cncc21. The van der Waals surface area contributed by atoms with Gasteiger partial charge in [0.05, 0.1) is 31.0 Å². The van der Waals surface area contributed by atoms with Crippen LogP contribution in [-0.4, -0.2) is 27.3 Å². The summed E-state index contributed by atoms with van der Waals surface area (Å²) in [7, 11) is 1.93. The first kappa shape index (κ1) is 15.8. The van der Waals surface area contributed by atoms with Gasteiger partial charge < -0.3 is 10.1 Å². The lowest BCUT2D eigenvalue weighted by molar-refractivity contribution is -0.122. The van der Waals surface area contributed by atoms with Gasteiger partial charge in [-0.1, -0.05) is 19.1 Å². The molecule has 6 heteroatoms. The van der Waals surface area contributed by atoms with Crippen molar-refractivity contribution < 1.29 is 9.53 Å². The van der Waals surface area contributed by atoms with Crippen molar-refractivity contribution in [2.45, 2.75) is 26.0 Å². The molecule has 0 saturated carbocycles. The maximum atomic E-state index is 11.8. The number of aromatic nitrogens is 3. The highest BCUT2D eigenvalue weighted by atomic mass is 16.5. The molecular weight excluding hydrogens is 316 g/mol. The second kappa shape index (κ2) is 6.29. The summed E-state index contributed by atoms with van der Waals surface area (Å²) in [5.74, 6) is 0.0168. The van der Waals surface area contributed by atoms with Gasteiger partial charge in [0, 0.05) is 42.4 Å². The number of hydrogen-bond donors (Lipinski definition) is 1. The van der Waals surface area contributed by atoms with E-state index in [1.54, 1.807) is 0 Å². The quantitative estimate of drug-likeness (QED) is 0.798. The molecule has 1 N–H and O–H groups in total. The molecular formula is C19H20N4O2. The lowest BCUT2D eigenvalue weighted by atomic mass is 9.93. The summed E-state index contributed by atoms with van der Waals surface area (Å²) in [5.41, 5.74) is 5.31. The lowest BCUT2D eigenvalue weighted by Crippen LogP contribution is -2.34. The van der Waals surface area contributed by atoms with Gasteiger partial charge >= 0.3 is 0 Å². The number of ether oxygens (including phenoxy) is 1. The van der Waals surface area contributed by atoms with Gasteiger partial charge in [0.2, 0.25) is 5.91 Å². The molecule has 0 aliphatic carbocycles. The van der Waals surface area contributed by atoms with Crippen LogP contribution >= 0.6 is 0 Å². The predicted octanol–water partition coefficient (Wildman–Crippen LogP) is 2.73. The van der Waals surface area contributed by atoms with E-state index in [0.717, 1.165) is 33.2 Å². The normalized spacial score (nSPS) is 16.6. The van der Waals surface area contributed by atoms with E-state index in [0.29, 0.717) is 19.6 Å². The van der Waals surface area contributed by atoms with Gasteiger partial charge in [-0.05, 0) is 17.2 Å². The molecule has 4 rings (SSSR count). The van der Waals surface area contributed by atoms with Crippen LogP contribution < -0.4 is 5.32 Å². The first-order valence-electron chi connectivity index (χ1n) is 8.43. The molecule has 3 aromatic rings. The summed E-state index contributed by atoms with van der Waals surface area (Å²) in [6.07, 6.45) is 6.02. The molecule has 1 aliphatic rings. The fraction of sp³-hybridized carbons (Fsp3) is 0.316. The van der Waals surface area contributed by atoms with Crippen LogP contribution in [-0.2, 0) is 23.2 Å². The third-order valence-electron chi connectivity index (χ3n) is 4.71. The van der Waals surface area contributed by atoms with E-state index in [4.69, 9.17) is 4.74 Å². The van der Waals surface area contributed by atoms with Gasteiger partial charge in [0.1, 0.15) is 0 Å². The molecule has 1 aromatic carbocycles. The van der Waals surface area contributed by atoms with Crippen LogP contribution in [0.5, 0.6) is 0 Å². The van der Waals surface area contributed by atoms with Crippen LogP contribution in [0, 0.1) is 0 Å². The molecule has 0 saturated heterocycles. The van der Waals surface area contributed by atoms with Crippen molar-refractivity contribution in [3.05, 3.63) is 47.9 Å². The van der Waals surface area contributed by atoms with Gasteiger partial charge in [-0.15, -0.1) is 0 Å². The van der Waals surface area contributed by atoms with E-state index in [9.17, 15) is 4.79 Å². The number of carbonyl (C=O) groups is 1. The van der Waals surface area contributed by atoms with Crippen LogP contribution in [0.3, 0.4) is 0 Å². The number of rotatable bonds is 3. The monoisotopic (exact) mass is 336 g/mol. The number of pyridine rings is 1. The third-order valence-corrected chi connectivity index (χ3v) is 4.71. The zero-order chi connectivity index (χ0) is 17.4. The van der Waals surface area contributed by atoms with Gasteiger partial charge in [0.25, 0.3) is 0 Å². The molecule has 1 atom stereocenters. The van der Waals surface area contributed by atoms with E-state index in [-0.39, 0.29) is 11.9 Å². The number of nitrogens with zero attached hydrogens (tertiary/aromatic N) is 3. The minimum atomic E-state index is -0.149. The Morgan fingerprint density at radius 3 is 3.08 bits per heavy atom. The van der Waals surface area contributed by atoms with E-state index in [1.807, 2.05) is 37.2 Å². The number of aryl methyl sites for hydroxylation is 1. The van der Waals surface area contributed by atoms with Gasteiger partial charge in [0.15, 0.2) is 0 Å². The summed E-state index contributed by atoms with van der Waals surface area (Å²) >= 11 is 0. The van der Waals surface area contributed by atoms with Crippen molar-refractivity contribution in [1.82, 2.24) is 20.1 Å². The summed E-state index contributed by atoms with van der Waals surface area (Å²) in [4.78, 5) is 16.2. The zero-order valence-electron chi connectivity index (χ0n) is 14.3. The molecule has 6 nitrogen and oxygen atoms in total. The second-order valence-electron chi connectivity index (χ2n) is 6.29. The first-order chi connectivity index (χ1) is 12.2. The Bertz CT molecular complexity index is 948. The van der Waals surface area contributed by atoms with Crippen molar-refractivity contribution in [3.8, 4) is 11.1 Å². The summed E-state index contributed by atoms with van der Waals surface area (Å²) in [6.45, 7) is 2.84. The van der Waals surface area contributed by atoms with E-state index in [1.165, 1.54) is 0 Å². The van der Waals surface area contributed by atoms with Gasteiger partial charge in [-0.3, -0.25) is 14.5 Å². The standard InChI is InChI=1S/C19H20N4O2/c1-3-19(24)22-17-11-25-10-16-14(8-20-9-15(16)17)12-4-5-13-7-21-23(2)18(13)6-12/h4-9,17H,3,10-11H2,1-2H3,(H,22,24). The van der Waals surface area contributed by atoms with Crippen LogP contribution in [0.1, 0.15) is 30.5 Å². The molecule has 2 aromatic heterocycles. The van der Waals surface area contributed by atoms with Crippen molar-refractivity contribution in [2.75, 3.05) is 6.61 Å². The van der Waals surface area contributed by atoms with E-state index >= 15 is 0 Å². The highest BCUT2D eigenvalue weighted by Gasteiger charge is 2.25. The first-order valence-corrected chi connectivity index (χ1v) is 8.43. The minimum absolute atomic E-state index is 0.0168. The Morgan fingerprint density at radius 2 is 2.24 bits per heavy atom. The Labute approximate surface area is 145 Å². The molecule has 1 unspecified atom stereocenters. The molecule has 1 amide bonds. The molecule has 3 heterocycles.